The van der Waals surface area contributed by atoms with Crippen LogP contribution in [-0.2, 0) is 0 Å². The van der Waals surface area contributed by atoms with Crippen molar-refractivity contribution >= 4 is 8.07 Å². The highest BCUT2D eigenvalue weighted by atomic mass is 28.3. The summed E-state index contributed by atoms with van der Waals surface area (Å²) in [5.41, 5.74) is 4.15. The summed E-state index contributed by atoms with van der Waals surface area (Å²) in [6.45, 7) is 6.66. The monoisotopic (exact) mass is 164 g/mol. The van der Waals surface area contributed by atoms with E-state index in [-0.39, 0.29) is 0 Å². The summed E-state index contributed by atoms with van der Waals surface area (Å²) in [5, 5.41) is 6.62. The van der Waals surface area contributed by atoms with Gasteiger partial charge in [-0.15, -0.1) is 5.54 Å². The van der Waals surface area contributed by atoms with Gasteiger partial charge in [-0.05, 0) is 6.07 Å². The van der Waals surface area contributed by atoms with Gasteiger partial charge in [0.15, 0.2) is 0 Å². The van der Waals surface area contributed by atoms with Gasteiger partial charge in [-0.25, -0.2) is 0 Å². The lowest BCUT2D eigenvalue weighted by atomic mass is 10.5. The molecule has 1 aromatic heterocycles. The molecular formula is C8H12N2Si. The Balaban J connectivity index is 2.74. The van der Waals surface area contributed by atoms with Crippen LogP contribution in [0, 0.1) is 11.5 Å². The lowest BCUT2D eigenvalue weighted by molar-refractivity contribution is 1.08. The molecule has 0 amide bonds. The minimum atomic E-state index is -1.22. The average molecular weight is 164 g/mol. The van der Waals surface area contributed by atoms with Gasteiger partial charge >= 0.3 is 0 Å². The maximum atomic E-state index is 3.81. The van der Waals surface area contributed by atoms with E-state index in [0.29, 0.717) is 0 Å². The minimum Gasteiger partial charge on any atom is -0.270 e. The quantitative estimate of drug-likeness (QED) is 0.458. The third-order valence-electron chi connectivity index (χ3n) is 1.07. The van der Waals surface area contributed by atoms with E-state index < -0.39 is 8.07 Å². The molecule has 0 unspecified atom stereocenters. The number of hydrogen-bond donors (Lipinski definition) is 1. The van der Waals surface area contributed by atoms with Crippen LogP contribution in [0.4, 0.5) is 0 Å². The molecule has 58 valence electrons. The van der Waals surface area contributed by atoms with Crippen LogP contribution in [0.15, 0.2) is 12.3 Å². The average Bonchev–Trinajstić information content (AvgIpc) is 2.32. The molecule has 0 fully saturated rings. The smallest absolute Gasteiger partial charge is 0.129 e. The third-order valence-corrected chi connectivity index (χ3v) is 1.95. The zero-order valence-electron chi connectivity index (χ0n) is 7.10. The normalized spacial score (nSPS) is 10.5. The Morgan fingerprint density at radius 3 is 2.64 bits per heavy atom. The molecule has 0 aliphatic rings. The van der Waals surface area contributed by atoms with Crippen LogP contribution in [-0.4, -0.2) is 18.3 Å². The summed E-state index contributed by atoms with van der Waals surface area (Å²) in [5.74, 6) is 3.06. The molecule has 0 aromatic carbocycles. The molecule has 1 aromatic rings. The van der Waals surface area contributed by atoms with Crippen LogP contribution in [0.5, 0.6) is 0 Å². The number of H-pyrrole nitrogens is 1. The predicted octanol–water partition coefficient (Wildman–Crippen LogP) is 1.64. The second-order valence-corrected chi connectivity index (χ2v) is 8.22. The number of rotatable bonds is 0. The first-order valence-electron chi connectivity index (χ1n) is 3.60. The summed E-state index contributed by atoms with van der Waals surface area (Å²) in [7, 11) is -1.22. The number of hydrogen-bond acceptors (Lipinski definition) is 1. The molecule has 0 radical (unpaired) electrons. The lowest BCUT2D eigenvalue weighted by Gasteiger charge is -2.02. The summed E-state index contributed by atoms with van der Waals surface area (Å²) < 4.78 is 0. The molecule has 3 heteroatoms. The van der Waals surface area contributed by atoms with Crippen LogP contribution in [0.25, 0.3) is 0 Å². The van der Waals surface area contributed by atoms with Crippen molar-refractivity contribution in [2.45, 2.75) is 19.6 Å². The summed E-state index contributed by atoms with van der Waals surface area (Å²) in [6.07, 6.45) is 1.72. The van der Waals surface area contributed by atoms with Gasteiger partial charge in [0.2, 0.25) is 0 Å². The molecule has 0 spiro atoms. The van der Waals surface area contributed by atoms with Crippen molar-refractivity contribution in [3.8, 4) is 11.5 Å². The summed E-state index contributed by atoms with van der Waals surface area (Å²) >= 11 is 0. The van der Waals surface area contributed by atoms with E-state index in [1.807, 2.05) is 6.07 Å². The number of aromatic nitrogens is 2. The van der Waals surface area contributed by atoms with Gasteiger partial charge in [0, 0.05) is 6.20 Å². The van der Waals surface area contributed by atoms with Crippen LogP contribution >= 0.6 is 0 Å². The minimum absolute atomic E-state index is 0.910. The fraction of sp³-hybridized carbons (Fsp3) is 0.375. The molecule has 11 heavy (non-hydrogen) atoms. The van der Waals surface area contributed by atoms with E-state index in [2.05, 4.69) is 41.3 Å². The molecule has 0 aliphatic carbocycles. The molecule has 2 nitrogen and oxygen atoms in total. The Hall–Kier alpha value is -1.01. The van der Waals surface area contributed by atoms with Gasteiger partial charge in [-0.3, -0.25) is 5.10 Å². The Bertz CT molecular complexity index is 271. The SMILES string of the molecule is C[Si](C)(C)C#Cc1ccn[nH]1. The van der Waals surface area contributed by atoms with Gasteiger partial charge < -0.3 is 0 Å². The molecule has 0 bridgehead atoms. The van der Waals surface area contributed by atoms with Gasteiger partial charge in [0.05, 0.1) is 0 Å². The van der Waals surface area contributed by atoms with E-state index >= 15 is 0 Å². The Morgan fingerprint density at radius 2 is 2.18 bits per heavy atom. The van der Waals surface area contributed by atoms with E-state index in [4.69, 9.17) is 0 Å². The highest BCUT2D eigenvalue weighted by Crippen LogP contribution is 1.97. The maximum Gasteiger partial charge on any atom is 0.129 e. The molecule has 0 aliphatic heterocycles. The van der Waals surface area contributed by atoms with Gasteiger partial charge in [-0.2, -0.15) is 5.10 Å². The summed E-state index contributed by atoms with van der Waals surface area (Å²) in [4.78, 5) is 0. The van der Waals surface area contributed by atoms with Crippen LogP contribution in [0.1, 0.15) is 5.69 Å². The second-order valence-electron chi connectivity index (χ2n) is 3.47. The first-order valence-corrected chi connectivity index (χ1v) is 7.10. The number of nitrogens with one attached hydrogen (secondary N) is 1. The third kappa shape index (κ3) is 3.05. The van der Waals surface area contributed by atoms with Crippen molar-refractivity contribution in [2.75, 3.05) is 0 Å². The van der Waals surface area contributed by atoms with Crippen molar-refractivity contribution in [2.24, 2.45) is 0 Å². The Kier molecular flexibility index (Phi) is 2.15. The molecular weight excluding hydrogens is 152 g/mol. The molecule has 0 atom stereocenters. The largest absolute Gasteiger partial charge is 0.270 e. The zero-order valence-corrected chi connectivity index (χ0v) is 8.10. The number of aromatic amines is 1. The fourth-order valence-electron chi connectivity index (χ4n) is 0.580. The van der Waals surface area contributed by atoms with Gasteiger partial charge in [0.25, 0.3) is 0 Å². The van der Waals surface area contributed by atoms with Crippen molar-refractivity contribution in [3.63, 3.8) is 0 Å². The Morgan fingerprint density at radius 1 is 1.45 bits per heavy atom. The van der Waals surface area contributed by atoms with Crippen LogP contribution in [0.2, 0.25) is 19.6 Å². The zero-order chi connectivity index (χ0) is 8.32. The fourth-order valence-corrected chi connectivity index (χ4v) is 1.09. The summed E-state index contributed by atoms with van der Waals surface area (Å²) in [6, 6.07) is 1.88. The van der Waals surface area contributed by atoms with Gasteiger partial charge in [0.1, 0.15) is 13.8 Å². The predicted molar refractivity (Wildman–Crippen MR) is 48.8 cm³/mol. The van der Waals surface area contributed by atoms with E-state index in [0.717, 1.165) is 5.69 Å². The first kappa shape index (κ1) is 8.09. The Labute approximate surface area is 68.0 Å². The topological polar surface area (TPSA) is 28.7 Å². The highest BCUT2D eigenvalue weighted by molar-refractivity contribution is 6.83. The number of nitrogens with zero attached hydrogens (tertiary/aromatic N) is 1. The molecule has 1 N–H and O–H groups in total. The molecule has 1 rings (SSSR count). The molecule has 1 heterocycles. The van der Waals surface area contributed by atoms with Crippen molar-refractivity contribution in [1.82, 2.24) is 10.2 Å². The lowest BCUT2D eigenvalue weighted by Crippen LogP contribution is -2.16. The van der Waals surface area contributed by atoms with Crippen molar-refractivity contribution in [1.29, 1.82) is 0 Å². The highest BCUT2D eigenvalue weighted by Gasteiger charge is 2.07. The van der Waals surface area contributed by atoms with Gasteiger partial charge in [-0.1, -0.05) is 25.6 Å². The van der Waals surface area contributed by atoms with Crippen molar-refractivity contribution < 1.29 is 0 Å². The van der Waals surface area contributed by atoms with E-state index in [1.165, 1.54) is 0 Å². The van der Waals surface area contributed by atoms with Crippen LogP contribution in [0.3, 0.4) is 0 Å². The molecule has 0 saturated carbocycles. The maximum absolute atomic E-state index is 3.81. The first-order chi connectivity index (χ1) is 5.08. The van der Waals surface area contributed by atoms with E-state index in [1.54, 1.807) is 6.20 Å². The van der Waals surface area contributed by atoms with E-state index in [9.17, 15) is 0 Å². The van der Waals surface area contributed by atoms with Crippen molar-refractivity contribution in [3.05, 3.63) is 18.0 Å². The standard InChI is InChI=1S/C8H12N2Si/c1-11(2,3)7-5-8-4-6-9-10-8/h4,6H,1-3H3,(H,9,10). The van der Waals surface area contributed by atoms with Crippen LogP contribution < -0.4 is 0 Å². The second kappa shape index (κ2) is 2.93. The molecule has 0 saturated heterocycles.